The van der Waals surface area contributed by atoms with Crippen molar-refractivity contribution in [1.82, 2.24) is 19.9 Å². The molecule has 0 atom stereocenters. The van der Waals surface area contributed by atoms with Crippen LogP contribution in [-0.4, -0.2) is 83.9 Å². The third-order valence-electron chi connectivity index (χ3n) is 7.19. The van der Waals surface area contributed by atoms with Crippen molar-refractivity contribution in [3.63, 3.8) is 0 Å². The molecule has 2 aliphatic heterocycles. The molecule has 5 rings (SSSR count). The van der Waals surface area contributed by atoms with Gasteiger partial charge in [-0.1, -0.05) is 19.0 Å². The quantitative estimate of drug-likeness (QED) is 0.398. The Labute approximate surface area is 240 Å². The Balaban J connectivity index is 1.43. The molecule has 13 heteroatoms. The zero-order valence-electron chi connectivity index (χ0n) is 23.8. The van der Waals surface area contributed by atoms with Crippen LogP contribution in [0.3, 0.4) is 0 Å². The maximum Gasteiger partial charge on any atom is 0.438 e. The Morgan fingerprint density at radius 3 is 2.48 bits per heavy atom. The molecule has 2 aromatic heterocycles. The molecule has 0 unspecified atom stereocenters. The van der Waals surface area contributed by atoms with Crippen LogP contribution in [0.25, 0.3) is 16.7 Å². The van der Waals surface area contributed by atoms with E-state index < -0.39 is 35.3 Å². The van der Waals surface area contributed by atoms with E-state index in [1.807, 2.05) is 0 Å². The number of rotatable bonds is 7. The van der Waals surface area contributed by atoms with Crippen LogP contribution in [0, 0.1) is 0 Å². The highest BCUT2D eigenvalue weighted by molar-refractivity contribution is 6.18. The predicted octanol–water partition coefficient (Wildman–Crippen LogP) is 4.61. The van der Waals surface area contributed by atoms with Crippen molar-refractivity contribution < 1.29 is 41.5 Å². The van der Waals surface area contributed by atoms with E-state index in [0.717, 1.165) is 19.6 Å². The molecule has 0 aliphatic carbocycles. The summed E-state index contributed by atoms with van der Waals surface area (Å²) in [7, 11) is 0. The van der Waals surface area contributed by atoms with Gasteiger partial charge in [0.05, 0.1) is 30.6 Å². The van der Waals surface area contributed by atoms with Gasteiger partial charge >= 0.3 is 12.1 Å². The average Bonchev–Trinajstić information content (AvgIpc) is 3.47. The van der Waals surface area contributed by atoms with Crippen molar-refractivity contribution in [2.45, 2.75) is 45.4 Å². The molecule has 42 heavy (non-hydrogen) atoms. The van der Waals surface area contributed by atoms with E-state index in [9.17, 15) is 22.8 Å². The molecule has 1 N–H and O–H groups in total. The number of esters is 1. The van der Waals surface area contributed by atoms with Gasteiger partial charge in [-0.05, 0) is 38.1 Å². The molecule has 4 heterocycles. The first kappa shape index (κ1) is 29.6. The number of benzene rings is 1. The minimum Gasteiger partial charge on any atom is -0.492 e. The highest BCUT2D eigenvalue weighted by Crippen LogP contribution is 2.44. The van der Waals surface area contributed by atoms with Crippen LogP contribution in [0.1, 0.15) is 55.0 Å². The van der Waals surface area contributed by atoms with Crippen molar-refractivity contribution in [2.75, 3.05) is 46.0 Å². The Bertz CT molecular complexity index is 1480. The van der Waals surface area contributed by atoms with Gasteiger partial charge in [0.2, 0.25) is 5.69 Å². The molecule has 1 aromatic carbocycles. The van der Waals surface area contributed by atoms with Gasteiger partial charge < -0.3 is 28.6 Å². The Morgan fingerprint density at radius 1 is 1.14 bits per heavy atom. The van der Waals surface area contributed by atoms with E-state index in [2.05, 4.69) is 15.0 Å². The second-order valence-corrected chi connectivity index (χ2v) is 11.2. The van der Waals surface area contributed by atoms with E-state index in [4.69, 9.17) is 18.7 Å². The maximum atomic E-state index is 13.7. The summed E-state index contributed by atoms with van der Waals surface area (Å²) in [6.07, 6.45) is -3.96. The zero-order chi connectivity index (χ0) is 30.2. The first-order valence-corrected chi connectivity index (χ1v) is 13.7. The lowest BCUT2D eigenvalue weighted by Gasteiger charge is -2.29. The van der Waals surface area contributed by atoms with Crippen molar-refractivity contribution in [2.24, 2.45) is 0 Å². The van der Waals surface area contributed by atoms with Crippen LogP contribution in [0.5, 0.6) is 5.75 Å². The number of nitrogens with zero attached hydrogens (tertiary/aromatic N) is 3. The number of halogens is 3. The second kappa shape index (κ2) is 11.4. The summed E-state index contributed by atoms with van der Waals surface area (Å²) >= 11 is 0. The number of morpholine rings is 1. The number of fused-ring (bicyclic) bond motifs is 3. The summed E-state index contributed by atoms with van der Waals surface area (Å²) in [6, 6.07) is 6.67. The van der Waals surface area contributed by atoms with Crippen molar-refractivity contribution >= 4 is 28.5 Å². The molecule has 3 aromatic rings. The van der Waals surface area contributed by atoms with Crippen molar-refractivity contribution in [3.05, 3.63) is 53.0 Å². The van der Waals surface area contributed by atoms with E-state index in [0.29, 0.717) is 36.7 Å². The number of hydrogen-bond acceptors (Lipinski definition) is 8. The Kier molecular flexibility index (Phi) is 8.08. The number of carbonyl (C=O) groups excluding carboxylic acids is 2. The van der Waals surface area contributed by atoms with Crippen LogP contribution in [0.4, 0.5) is 13.2 Å². The van der Waals surface area contributed by atoms with Gasteiger partial charge in [-0.3, -0.25) is 9.69 Å². The fourth-order valence-electron chi connectivity index (χ4n) is 5.23. The van der Waals surface area contributed by atoms with Crippen LogP contribution in [0.2, 0.25) is 0 Å². The van der Waals surface area contributed by atoms with E-state index in [-0.39, 0.29) is 28.9 Å². The summed E-state index contributed by atoms with van der Waals surface area (Å²) in [4.78, 5) is 33.3. The van der Waals surface area contributed by atoms with Crippen LogP contribution >= 0.6 is 0 Å². The summed E-state index contributed by atoms with van der Waals surface area (Å²) in [6.45, 7) is 11.2. The smallest absolute Gasteiger partial charge is 0.438 e. The lowest BCUT2D eigenvalue weighted by molar-refractivity contribution is -0.142. The largest absolute Gasteiger partial charge is 0.492 e. The second-order valence-electron chi connectivity index (χ2n) is 11.2. The maximum absolute atomic E-state index is 13.7. The highest BCUT2D eigenvalue weighted by atomic mass is 19.4. The van der Waals surface area contributed by atoms with Gasteiger partial charge in [0, 0.05) is 48.9 Å². The van der Waals surface area contributed by atoms with Crippen molar-refractivity contribution in [3.8, 4) is 5.75 Å². The zero-order valence-corrected chi connectivity index (χ0v) is 23.8. The molecule has 226 valence electrons. The van der Waals surface area contributed by atoms with Crippen LogP contribution in [-0.2, 0) is 25.9 Å². The number of amides is 1. The molecule has 0 saturated carbocycles. The van der Waals surface area contributed by atoms with Gasteiger partial charge in [-0.15, -0.1) is 0 Å². The molecule has 1 saturated heterocycles. The highest BCUT2D eigenvalue weighted by Gasteiger charge is 2.44. The SMILES string of the molecule is CC(C)OC(=O)C1=CN(C(=O)c2ccc(OCCN3CCOCC3)cc2)CC(C)(C)c2c1[nH]c1c(C(F)(F)F)noc21. The molecular formula is C29H33F3N4O6. The molecular weight excluding hydrogens is 557 g/mol. The number of nitrogens with one attached hydrogen (secondary N) is 1. The minimum absolute atomic E-state index is 0.0318. The number of H-pyrrole nitrogens is 1. The summed E-state index contributed by atoms with van der Waals surface area (Å²) in [5, 5.41) is 3.24. The number of alkyl halides is 3. The lowest BCUT2D eigenvalue weighted by atomic mass is 9.83. The Morgan fingerprint density at radius 2 is 1.83 bits per heavy atom. The molecule has 1 amide bonds. The predicted molar refractivity (Wildman–Crippen MR) is 146 cm³/mol. The summed E-state index contributed by atoms with van der Waals surface area (Å²) < 4.78 is 62.7. The monoisotopic (exact) mass is 590 g/mol. The number of carbonyl (C=O) groups is 2. The van der Waals surface area contributed by atoms with E-state index in [1.54, 1.807) is 52.0 Å². The van der Waals surface area contributed by atoms with Gasteiger partial charge in [0.1, 0.15) is 17.9 Å². The van der Waals surface area contributed by atoms with E-state index >= 15 is 0 Å². The fraction of sp³-hybridized carbons (Fsp3) is 0.483. The summed E-state index contributed by atoms with van der Waals surface area (Å²) in [5.74, 6) is -0.597. The van der Waals surface area contributed by atoms with Gasteiger partial charge in [-0.2, -0.15) is 13.2 Å². The molecule has 0 spiro atoms. The first-order valence-electron chi connectivity index (χ1n) is 13.7. The number of ether oxygens (including phenoxy) is 3. The summed E-state index contributed by atoms with van der Waals surface area (Å²) in [5.41, 5.74) is -2.04. The molecule has 0 radical (unpaired) electrons. The molecule has 10 nitrogen and oxygen atoms in total. The normalized spacial score (nSPS) is 17.6. The van der Waals surface area contributed by atoms with Crippen molar-refractivity contribution in [1.29, 1.82) is 0 Å². The number of hydrogen-bond donors (Lipinski definition) is 1. The molecule has 2 aliphatic rings. The third-order valence-corrected chi connectivity index (χ3v) is 7.19. The number of aromatic amines is 1. The lowest BCUT2D eigenvalue weighted by Crippen LogP contribution is -2.38. The number of aromatic nitrogens is 2. The van der Waals surface area contributed by atoms with Gasteiger partial charge in [-0.25, -0.2) is 4.79 Å². The third kappa shape index (κ3) is 6.02. The fourth-order valence-corrected chi connectivity index (χ4v) is 5.23. The minimum atomic E-state index is -4.78. The molecule has 1 fully saturated rings. The first-order chi connectivity index (χ1) is 19.8. The van der Waals surface area contributed by atoms with Crippen LogP contribution < -0.4 is 4.74 Å². The van der Waals surface area contributed by atoms with Gasteiger partial charge in [0.15, 0.2) is 5.58 Å². The topological polar surface area (TPSA) is 110 Å². The average molecular weight is 591 g/mol. The van der Waals surface area contributed by atoms with Crippen LogP contribution in [0.15, 0.2) is 35.0 Å². The van der Waals surface area contributed by atoms with E-state index in [1.165, 1.54) is 11.1 Å². The standard InChI is InChI=1S/C29H33F3N4O6/c1-17(2)41-27(38)20-15-36(16-28(3,4)21-22(20)33-23-24(21)42-34-25(23)29(30,31)32)26(37)18-5-7-19(8-6-18)40-14-11-35-9-12-39-13-10-35/h5-8,15,17,33H,9-14,16H2,1-4H3. The Hall–Kier alpha value is -3.84. The molecule has 0 bridgehead atoms. The van der Waals surface area contributed by atoms with Gasteiger partial charge in [0.25, 0.3) is 5.91 Å².